The van der Waals surface area contributed by atoms with Crippen LogP contribution in [0.1, 0.15) is 213 Å². The maximum absolute atomic E-state index is 13.1. The molecule has 328 valence electrons. The molecule has 0 heterocycles. The number of amides is 1. The Morgan fingerprint density at radius 3 is 1.40 bits per heavy atom. The zero-order valence-electron chi connectivity index (χ0n) is 37.2. The van der Waals surface area contributed by atoms with Gasteiger partial charge in [-0.15, -0.1) is 0 Å². The second-order valence-electron chi connectivity index (χ2n) is 15.9. The highest BCUT2D eigenvalue weighted by molar-refractivity contribution is 5.77. The lowest BCUT2D eigenvalue weighted by atomic mass is 10.0. The smallest absolute Gasteiger partial charge is 0.306 e. The number of hydrogen-bond donors (Lipinski definition) is 3. The topological polar surface area (TPSA) is 95.9 Å². The van der Waals surface area contributed by atoms with Crippen molar-refractivity contribution in [1.82, 2.24) is 5.32 Å². The van der Waals surface area contributed by atoms with E-state index in [0.29, 0.717) is 19.3 Å². The van der Waals surface area contributed by atoms with Crippen LogP contribution < -0.4 is 5.32 Å². The van der Waals surface area contributed by atoms with E-state index in [4.69, 9.17) is 4.74 Å². The molecule has 0 aromatic heterocycles. The summed E-state index contributed by atoms with van der Waals surface area (Å²) >= 11 is 0. The second kappa shape index (κ2) is 44.4. The Bertz CT molecular complexity index is 1070. The van der Waals surface area contributed by atoms with Crippen LogP contribution in [0.5, 0.6) is 0 Å². The highest BCUT2D eigenvalue weighted by Gasteiger charge is 2.24. The van der Waals surface area contributed by atoms with E-state index < -0.39 is 18.2 Å². The van der Waals surface area contributed by atoms with Crippen molar-refractivity contribution in [2.75, 3.05) is 6.61 Å². The van der Waals surface area contributed by atoms with Crippen molar-refractivity contribution in [3.63, 3.8) is 0 Å². The Hall–Kier alpha value is -2.70. The van der Waals surface area contributed by atoms with Crippen LogP contribution in [0, 0.1) is 0 Å². The van der Waals surface area contributed by atoms with Crippen LogP contribution in [0.2, 0.25) is 0 Å². The molecule has 0 saturated heterocycles. The van der Waals surface area contributed by atoms with E-state index in [1.807, 2.05) is 60.8 Å². The van der Waals surface area contributed by atoms with Crippen LogP contribution in [0.4, 0.5) is 0 Å². The van der Waals surface area contributed by atoms with Crippen molar-refractivity contribution in [2.24, 2.45) is 0 Å². The molecular weight excluding hydrogens is 707 g/mol. The number of carbonyl (C=O) groups is 2. The van der Waals surface area contributed by atoms with Gasteiger partial charge >= 0.3 is 5.97 Å². The molecule has 1 amide bonds. The molecule has 0 spiro atoms. The molecule has 0 aliphatic carbocycles. The predicted molar refractivity (Wildman–Crippen MR) is 245 cm³/mol. The van der Waals surface area contributed by atoms with E-state index in [-0.39, 0.29) is 24.9 Å². The number of carbonyl (C=O) groups excluding carboxylic acids is 2. The summed E-state index contributed by atoms with van der Waals surface area (Å²) in [6.45, 7) is 6.29. The highest BCUT2D eigenvalue weighted by Crippen LogP contribution is 2.17. The zero-order chi connectivity index (χ0) is 41.7. The number of rotatable bonds is 41. The standard InChI is InChI=1S/C51H89NO5/c1-4-7-10-13-16-19-22-24-25-27-28-30-33-36-39-42-47(57-51(56)44-41-38-35-32-21-18-15-12-9-6-3)45-50(55)52-48(46-53)49(54)43-40-37-34-31-29-26-23-20-17-14-11-8-5-2/h7,10,13,16,19,22,24-25,27-28,30,33,47-49,53-54H,4-6,8-9,11-12,14-15,17-18,20-21,23,26,29,31-32,34-46H2,1-3H3,(H,52,55)/b10-7-,16-13+,22-19+,25-24-,28-27+,33-30+. The summed E-state index contributed by atoms with van der Waals surface area (Å²) in [5, 5.41) is 23.7. The molecular formula is C51H89NO5. The molecule has 6 nitrogen and oxygen atoms in total. The van der Waals surface area contributed by atoms with Crippen LogP contribution in [-0.2, 0) is 14.3 Å². The summed E-state index contributed by atoms with van der Waals surface area (Å²) in [6, 6.07) is -0.725. The van der Waals surface area contributed by atoms with Gasteiger partial charge in [-0.3, -0.25) is 9.59 Å². The highest BCUT2D eigenvalue weighted by atomic mass is 16.5. The maximum atomic E-state index is 13.1. The summed E-state index contributed by atoms with van der Waals surface area (Å²) in [6.07, 6.45) is 55.3. The number of aliphatic hydroxyl groups is 2. The van der Waals surface area contributed by atoms with Gasteiger partial charge in [-0.1, -0.05) is 235 Å². The van der Waals surface area contributed by atoms with Gasteiger partial charge in [-0.25, -0.2) is 0 Å². The van der Waals surface area contributed by atoms with Crippen molar-refractivity contribution in [3.05, 3.63) is 72.9 Å². The second-order valence-corrected chi connectivity index (χ2v) is 15.9. The average Bonchev–Trinajstić information content (AvgIpc) is 3.20. The van der Waals surface area contributed by atoms with Gasteiger partial charge in [0.2, 0.25) is 5.91 Å². The van der Waals surface area contributed by atoms with Gasteiger partial charge in [-0.2, -0.15) is 0 Å². The molecule has 3 unspecified atom stereocenters. The van der Waals surface area contributed by atoms with E-state index in [1.165, 1.54) is 109 Å². The summed E-state index contributed by atoms with van der Waals surface area (Å²) in [4.78, 5) is 26.0. The first-order valence-electron chi connectivity index (χ1n) is 23.7. The predicted octanol–water partition coefficient (Wildman–Crippen LogP) is 13.8. The van der Waals surface area contributed by atoms with Crippen LogP contribution in [0.25, 0.3) is 0 Å². The van der Waals surface area contributed by atoms with E-state index in [0.717, 1.165) is 57.8 Å². The quantitative estimate of drug-likeness (QED) is 0.0325. The molecule has 0 rings (SSSR count). The zero-order valence-corrected chi connectivity index (χ0v) is 37.2. The van der Waals surface area contributed by atoms with E-state index in [1.54, 1.807) is 0 Å². The number of ether oxygens (including phenoxy) is 1. The fourth-order valence-corrected chi connectivity index (χ4v) is 6.88. The van der Waals surface area contributed by atoms with Crippen molar-refractivity contribution >= 4 is 11.9 Å². The van der Waals surface area contributed by atoms with Gasteiger partial charge in [-0.05, 0) is 38.5 Å². The summed E-state index contributed by atoms with van der Waals surface area (Å²) in [5.74, 6) is -0.553. The van der Waals surface area contributed by atoms with Crippen molar-refractivity contribution in [2.45, 2.75) is 232 Å². The van der Waals surface area contributed by atoms with Crippen LogP contribution in [-0.4, -0.2) is 46.9 Å². The van der Waals surface area contributed by atoms with Gasteiger partial charge < -0.3 is 20.3 Å². The third-order valence-electron chi connectivity index (χ3n) is 10.5. The number of esters is 1. The molecule has 0 aliphatic heterocycles. The Kier molecular flexibility index (Phi) is 42.3. The molecule has 0 aliphatic rings. The molecule has 0 bridgehead atoms. The molecule has 0 aromatic carbocycles. The largest absolute Gasteiger partial charge is 0.462 e. The molecule has 57 heavy (non-hydrogen) atoms. The molecule has 0 aromatic rings. The van der Waals surface area contributed by atoms with E-state index in [2.05, 4.69) is 38.2 Å². The average molecular weight is 796 g/mol. The van der Waals surface area contributed by atoms with Crippen LogP contribution in [0.3, 0.4) is 0 Å². The lowest BCUT2D eigenvalue weighted by Gasteiger charge is -2.24. The van der Waals surface area contributed by atoms with Crippen molar-refractivity contribution in [1.29, 1.82) is 0 Å². The lowest BCUT2D eigenvalue weighted by molar-refractivity contribution is -0.151. The number of allylic oxidation sites excluding steroid dienone is 12. The fourth-order valence-electron chi connectivity index (χ4n) is 6.88. The molecule has 0 fully saturated rings. The van der Waals surface area contributed by atoms with Gasteiger partial charge in [0.25, 0.3) is 0 Å². The van der Waals surface area contributed by atoms with Gasteiger partial charge in [0, 0.05) is 6.42 Å². The first kappa shape index (κ1) is 54.3. The monoisotopic (exact) mass is 796 g/mol. The minimum Gasteiger partial charge on any atom is -0.462 e. The Balaban J connectivity index is 4.73. The maximum Gasteiger partial charge on any atom is 0.306 e. The molecule has 0 saturated carbocycles. The normalized spacial score (nSPS) is 14.0. The molecule has 3 atom stereocenters. The van der Waals surface area contributed by atoms with Crippen LogP contribution in [0.15, 0.2) is 72.9 Å². The van der Waals surface area contributed by atoms with Gasteiger partial charge in [0.15, 0.2) is 0 Å². The Morgan fingerprint density at radius 1 is 0.526 bits per heavy atom. The number of unbranched alkanes of at least 4 members (excludes halogenated alkanes) is 22. The fraction of sp³-hybridized carbons (Fsp3) is 0.725. The van der Waals surface area contributed by atoms with Gasteiger partial charge in [0.05, 0.1) is 25.2 Å². The first-order chi connectivity index (χ1) is 28.0. The van der Waals surface area contributed by atoms with Gasteiger partial charge in [0.1, 0.15) is 6.10 Å². The van der Waals surface area contributed by atoms with Crippen LogP contribution >= 0.6 is 0 Å². The summed E-state index contributed by atoms with van der Waals surface area (Å²) in [7, 11) is 0. The third-order valence-corrected chi connectivity index (χ3v) is 10.5. The Labute approximate surface area is 351 Å². The summed E-state index contributed by atoms with van der Waals surface area (Å²) < 4.78 is 5.86. The molecule has 0 radical (unpaired) electrons. The minimum absolute atomic E-state index is 0.0255. The summed E-state index contributed by atoms with van der Waals surface area (Å²) in [5.41, 5.74) is 0. The third kappa shape index (κ3) is 39.9. The SMILES string of the molecule is CC\C=C/C=C/C=C/C=C\C=C\C=C\CCCC(CC(=O)NC(CO)C(O)CCCCCCCCCCCCCCC)OC(=O)CCCCCCCCCCCC. The van der Waals surface area contributed by atoms with Crippen molar-refractivity contribution < 1.29 is 24.5 Å². The van der Waals surface area contributed by atoms with E-state index >= 15 is 0 Å². The number of aliphatic hydroxyl groups excluding tert-OH is 2. The number of nitrogens with one attached hydrogen (secondary N) is 1. The molecule has 6 heteroatoms. The minimum atomic E-state index is -0.808. The Morgan fingerprint density at radius 2 is 0.947 bits per heavy atom. The first-order valence-corrected chi connectivity index (χ1v) is 23.7. The molecule has 3 N–H and O–H groups in total. The van der Waals surface area contributed by atoms with E-state index in [9.17, 15) is 19.8 Å². The number of hydrogen-bond acceptors (Lipinski definition) is 5. The lowest BCUT2D eigenvalue weighted by Crippen LogP contribution is -2.46. The van der Waals surface area contributed by atoms with Crippen molar-refractivity contribution in [3.8, 4) is 0 Å².